The Morgan fingerprint density at radius 2 is 1.96 bits per heavy atom. The fourth-order valence-corrected chi connectivity index (χ4v) is 4.03. The summed E-state index contributed by atoms with van der Waals surface area (Å²) in [5.74, 6) is 0.995. The van der Waals surface area contributed by atoms with E-state index in [1.807, 2.05) is 32.2 Å². The summed E-state index contributed by atoms with van der Waals surface area (Å²) in [5.41, 5.74) is 6.37. The first kappa shape index (κ1) is 19.1. The highest BCUT2D eigenvalue weighted by atomic mass is 32.1. The maximum atomic E-state index is 11.6. The molecular weight excluding hydrogens is 356 g/mol. The van der Waals surface area contributed by atoms with Crippen molar-refractivity contribution in [1.82, 2.24) is 4.98 Å². The van der Waals surface area contributed by atoms with Crippen LogP contribution in [-0.4, -0.2) is 17.9 Å². The summed E-state index contributed by atoms with van der Waals surface area (Å²) >= 11 is 1.53. The minimum absolute atomic E-state index is 0.104. The first-order chi connectivity index (χ1) is 12.9. The van der Waals surface area contributed by atoms with E-state index in [-0.39, 0.29) is 5.78 Å². The summed E-state index contributed by atoms with van der Waals surface area (Å²) in [5, 5.41) is 3.47. The Morgan fingerprint density at radius 3 is 2.63 bits per heavy atom. The number of nitrogens with one attached hydrogen (secondary N) is 1. The zero-order chi connectivity index (χ0) is 19.6. The number of aryl methyl sites for hydroxylation is 2. The van der Waals surface area contributed by atoms with Gasteiger partial charge in [-0.3, -0.25) is 9.78 Å². The molecule has 0 aliphatic rings. The summed E-state index contributed by atoms with van der Waals surface area (Å²) in [6.45, 7) is 8.33. The predicted molar refractivity (Wildman–Crippen MR) is 112 cm³/mol. The molecule has 3 aromatic rings. The zero-order valence-corrected chi connectivity index (χ0v) is 17.2. The van der Waals surface area contributed by atoms with Gasteiger partial charge in [-0.05, 0) is 63.1 Å². The second-order valence-corrected chi connectivity index (χ2v) is 7.79. The van der Waals surface area contributed by atoms with Crippen molar-refractivity contribution in [3.8, 4) is 16.2 Å². The zero-order valence-electron chi connectivity index (χ0n) is 16.3. The molecule has 5 heteroatoms. The molecule has 2 heterocycles. The van der Waals surface area contributed by atoms with Crippen LogP contribution in [0.4, 0.5) is 5.69 Å². The molecule has 0 bridgehead atoms. The Labute approximate surface area is 164 Å². The van der Waals surface area contributed by atoms with E-state index in [1.54, 1.807) is 14.0 Å². The van der Waals surface area contributed by atoms with Crippen LogP contribution in [0.2, 0.25) is 0 Å². The largest absolute Gasteiger partial charge is 0.496 e. The van der Waals surface area contributed by atoms with E-state index in [0.717, 1.165) is 43.6 Å². The lowest BCUT2D eigenvalue weighted by Crippen LogP contribution is -2.06. The molecule has 27 heavy (non-hydrogen) atoms. The molecule has 0 atom stereocenters. The number of carbonyl (C=O) groups is 1. The first-order valence-electron chi connectivity index (χ1n) is 8.85. The minimum Gasteiger partial charge on any atom is -0.496 e. The third-order valence-corrected chi connectivity index (χ3v) is 5.76. The van der Waals surface area contributed by atoms with Gasteiger partial charge in [-0.1, -0.05) is 6.07 Å². The van der Waals surface area contributed by atoms with E-state index in [9.17, 15) is 4.79 Å². The number of benzene rings is 1. The van der Waals surface area contributed by atoms with E-state index >= 15 is 0 Å². The number of anilines is 1. The number of hydrogen-bond donors (Lipinski definition) is 1. The number of carbonyl (C=O) groups excluding carboxylic acids is 1. The highest BCUT2D eigenvalue weighted by Crippen LogP contribution is 2.31. The van der Waals surface area contributed by atoms with Gasteiger partial charge in [0.1, 0.15) is 5.75 Å². The molecule has 4 nitrogen and oxygen atoms in total. The normalized spacial score (nSPS) is 10.7. The van der Waals surface area contributed by atoms with Crippen LogP contribution in [0.3, 0.4) is 0 Å². The third kappa shape index (κ3) is 4.19. The van der Waals surface area contributed by atoms with Gasteiger partial charge in [-0.25, -0.2) is 0 Å². The van der Waals surface area contributed by atoms with E-state index in [4.69, 9.17) is 4.74 Å². The van der Waals surface area contributed by atoms with Gasteiger partial charge in [0.2, 0.25) is 0 Å². The molecule has 0 aliphatic carbocycles. The topological polar surface area (TPSA) is 51.2 Å². The van der Waals surface area contributed by atoms with E-state index in [2.05, 4.69) is 35.4 Å². The maximum absolute atomic E-state index is 11.6. The molecule has 0 aliphatic heterocycles. The summed E-state index contributed by atoms with van der Waals surface area (Å²) in [7, 11) is 1.69. The van der Waals surface area contributed by atoms with Gasteiger partial charge < -0.3 is 10.1 Å². The van der Waals surface area contributed by atoms with Gasteiger partial charge in [0, 0.05) is 27.9 Å². The third-order valence-electron chi connectivity index (χ3n) is 4.52. The molecular formula is C22H24N2O2S. The monoisotopic (exact) mass is 380 g/mol. The fraction of sp³-hybridized carbons (Fsp3) is 0.273. The van der Waals surface area contributed by atoms with Crippen LogP contribution in [0.5, 0.6) is 5.75 Å². The van der Waals surface area contributed by atoms with Crippen molar-refractivity contribution in [2.75, 3.05) is 12.4 Å². The molecule has 3 rings (SSSR count). The predicted octanol–water partition coefficient (Wildman–Crippen LogP) is 5.56. The second-order valence-electron chi connectivity index (χ2n) is 6.71. The van der Waals surface area contributed by atoms with Gasteiger partial charge in [0.05, 0.1) is 24.2 Å². The Kier molecular flexibility index (Phi) is 5.61. The number of pyridine rings is 1. The van der Waals surface area contributed by atoms with Gasteiger partial charge in [-0.15, -0.1) is 11.3 Å². The summed E-state index contributed by atoms with van der Waals surface area (Å²) in [4.78, 5) is 18.0. The van der Waals surface area contributed by atoms with Crippen LogP contribution in [-0.2, 0) is 6.54 Å². The van der Waals surface area contributed by atoms with Gasteiger partial charge in [0.25, 0.3) is 0 Å². The molecule has 0 radical (unpaired) electrons. The Bertz CT molecular complexity index is 992. The van der Waals surface area contributed by atoms with E-state index in [1.165, 1.54) is 16.9 Å². The van der Waals surface area contributed by atoms with Crippen molar-refractivity contribution in [3.05, 3.63) is 63.8 Å². The standard InChI is InChI=1S/C22H24N2O2S/c1-13-8-17(21-7-6-20(27-21)16(4)25)10-18(9-13)23-12-19-15(3)22(26-5)14(2)11-24-19/h6-11,23H,12H2,1-5H3. The molecule has 0 amide bonds. The molecule has 2 aromatic heterocycles. The number of rotatable bonds is 6. The quantitative estimate of drug-likeness (QED) is 0.569. The smallest absolute Gasteiger partial charge is 0.169 e. The van der Waals surface area contributed by atoms with Gasteiger partial charge in [-0.2, -0.15) is 0 Å². The highest BCUT2D eigenvalue weighted by molar-refractivity contribution is 7.17. The van der Waals surface area contributed by atoms with Crippen molar-refractivity contribution < 1.29 is 9.53 Å². The summed E-state index contributed by atoms with van der Waals surface area (Å²) in [6.07, 6.45) is 1.85. The molecule has 0 spiro atoms. The van der Waals surface area contributed by atoms with Crippen LogP contribution in [0.1, 0.15) is 39.0 Å². The van der Waals surface area contributed by atoms with Crippen LogP contribution in [0, 0.1) is 20.8 Å². The average molecular weight is 381 g/mol. The van der Waals surface area contributed by atoms with Crippen molar-refractivity contribution in [1.29, 1.82) is 0 Å². The molecule has 1 aromatic carbocycles. The Balaban J connectivity index is 1.84. The van der Waals surface area contributed by atoms with Crippen LogP contribution < -0.4 is 10.1 Å². The highest BCUT2D eigenvalue weighted by Gasteiger charge is 2.11. The molecule has 0 unspecified atom stereocenters. The SMILES string of the molecule is COc1c(C)cnc(CNc2cc(C)cc(-c3ccc(C(C)=O)s3)c2)c1C. The number of methoxy groups -OCH3 is 1. The number of ether oxygens (including phenoxy) is 1. The fourth-order valence-electron chi connectivity index (χ4n) is 3.14. The first-order valence-corrected chi connectivity index (χ1v) is 9.66. The van der Waals surface area contributed by atoms with E-state index in [0.29, 0.717) is 6.54 Å². The van der Waals surface area contributed by atoms with Crippen LogP contribution in [0.15, 0.2) is 36.5 Å². The number of ketones is 1. The molecule has 0 saturated heterocycles. The molecule has 0 fully saturated rings. The number of hydrogen-bond acceptors (Lipinski definition) is 5. The lowest BCUT2D eigenvalue weighted by Gasteiger charge is -2.14. The van der Waals surface area contributed by atoms with Crippen molar-refractivity contribution in [2.24, 2.45) is 0 Å². The lowest BCUT2D eigenvalue weighted by molar-refractivity contribution is 0.102. The van der Waals surface area contributed by atoms with Crippen LogP contribution >= 0.6 is 11.3 Å². The van der Waals surface area contributed by atoms with Crippen LogP contribution in [0.25, 0.3) is 10.4 Å². The lowest BCUT2D eigenvalue weighted by atomic mass is 10.1. The molecule has 140 valence electrons. The van der Waals surface area contributed by atoms with Crippen molar-refractivity contribution in [3.63, 3.8) is 0 Å². The number of Topliss-reactive ketones (excluding diaryl/α,β-unsaturated/α-hetero) is 1. The Hall–Kier alpha value is -2.66. The summed E-state index contributed by atoms with van der Waals surface area (Å²) < 4.78 is 5.49. The minimum atomic E-state index is 0.104. The Morgan fingerprint density at radius 1 is 1.19 bits per heavy atom. The van der Waals surface area contributed by atoms with Gasteiger partial charge >= 0.3 is 0 Å². The maximum Gasteiger partial charge on any atom is 0.169 e. The summed E-state index contributed by atoms with van der Waals surface area (Å²) in [6, 6.07) is 10.3. The van der Waals surface area contributed by atoms with E-state index < -0.39 is 0 Å². The molecule has 1 N–H and O–H groups in total. The number of thiophene rings is 1. The molecule has 0 saturated carbocycles. The average Bonchev–Trinajstić information content (AvgIpc) is 3.11. The number of nitrogens with zero attached hydrogens (tertiary/aromatic N) is 1. The second kappa shape index (κ2) is 7.92. The number of aromatic nitrogens is 1. The van der Waals surface area contributed by atoms with Gasteiger partial charge in [0.15, 0.2) is 5.78 Å². The van der Waals surface area contributed by atoms with Crippen molar-refractivity contribution in [2.45, 2.75) is 34.2 Å². The van der Waals surface area contributed by atoms with Crippen molar-refractivity contribution >= 4 is 22.8 Å².